The quantitative estimate of drug-likeness (QED) is 0.544. The van der Waals surface area contributed by atoms with E-state index in [0.29, 0.717) is 42.7 Å². The molecule has 1 fully saturated rings. The van der Waals surface area contributed by atoms with Crippen molar-refractivity contribution in [3.8, 4) is 11.4 Å². The van der Waals surface area contributed by atoms with E-state index in [9.17, 15) is 9.59 Å². The number of amides is 1. The smallest absolute Gasteiger partial charge is 0.338 e. The summed E-state index contributed by atoms with van der Waals surface area (Å²) in [5.74, 6) is 0.481. The highest BCUT2D eigenvalue weighted by Gasteiger charge is 2.27. The van der Waals surface area contributed by atoms with E-state index in [0.717, 1.165) is 30.5 Å². The summed E-state index contributed by atoms with van der Waals surface area (Å²) in [6.07, 6.45) is 1.71. The van der Waals surface area contributed by atoms with Gasteiger partial charge in [0, 0.05) is 17.8 Å². The Morgan fingerprint density at radius 2 is 2.06 bits per heavy atom. The Morgan fingerprint density at radius 1 is 1.21 bits per heavy atom. The second kappa shape index (κ2) is 10.4. The summed E-state index contributed by atoms with van der Waals surface area (Å²) in [5.41, 5.74) is 3.06. The number of nitrogens with zero attached hydrogens (tertiary/aromatic N) is 3. The molecule has 0 saturated carbocycles. The maximum Gasteiger partial charge on any atom is 0.338 e. The number of aryl methyl sites for hydroxylation is 1. The summed E-state index contributed by atoms with van der Waals surface area (Å²) >= 11 is 0. The number of carbonyl (C=O) groups is 2. The lowest BCUT2D eigenvalue weighted by Gasteiger charge is -2.30. The number of nitrogens with one attached hydrogen (secondary N) is 1. The average Bonchev–Trinajstić information content (AvgIpc) is 3.28. The molecule has 3 aromatic rings. The highest BCUT2D eigenvalue weighted by Crippen LogP contribution is 2.22. The van der Waals surface area contributed by atoms with Gasteiger partial charge in [-0.3, -0.25) is 9.69 Å². The van der Waals surface area contributed by atoms with Crippen LogP contribution in [0.3, 0.4) is 0 Å². The Morgan fingerprint density at radius 3 is 2.88 bits per heavy atom. The largest absolute Gasteiger partial charge is 0.462 e. The SMILES string of the molecule is CCOC(=O)c1cccc(NC(=O)C2CCCN(Cc3nc(-c4cccc(C)c4)no3)C2)c1. The zero-order valence-corrected chi connectivity index (χ0v) is 18.9. The number of likely N-dealkylation sites (tertiary alicyclic amines) is 1. The molecule has 1 unspecified atom stereocenters. The number of aromatic nitrogens is 2. The summed E-state index contributed by atoms with van der Waals surface area (Å²) in [4.78, 5) is 31.5. The number of esters is 1. The molecule has 0 bridgehead atoms. The van der Waals surface area contributed by atoms with Gasteiger partial charge in [0.25, 0.3) is 0 Å². The summed E-state index contributed by atoms with van der Waals surface area (Å²) in [5, 5.41) is 7.05. The standard InChI is InChI=1S/C25H28N4O4/c1-3-32-25(31)19-9-5-11-21(14-19)26-24(30)20-10-6-12-29(15-20)16-22-27-23(28-33-22)18-8-4-7-17(2)13-18/h4-5,7-9,11,13-14,20H,3,6,10,12,15-16H2,1-2H3,(H,26,30). The lowest BCUT2D eigenvalue weighted by atomic mass is 9.97. The van der Waals surface area contributed by atoms with Gasteiger partial charge in [-0.15, -0.1) is 0 Å². The third-order valence-electron chi connectivity index (χ3n) is 5.62. The zero-order chi connectivity index (χ0) is 23.2. The third kappa shape index (κ3) is 5.84. The minimum atomic E-state index is -0.401. The Hall–Kier alpha value is -3.52. The molecular formula is C25H28N4O4. The van der Waals surface area contributed by atoms with Crippen molar-refractivity contribution >= 4 is 17.6 Å². The molecular weight excluding hydrogens is 420 g/mol. The van der Waals surface area contributed by atoms with E-state index in [1.807, 2.05) is 31.2 Å². The van der Waals surface area contributed by atoms with Crippen LogP contribution < -0.4 is 5.32 Å². The highest BCUT2D eigenvalue weighted by atomic mass is 16.5. The van der Waals surface area contributed by atoms with Crippen molar-refractivity contribution in [2.24, 2.45) is 5.92 Å². The van der Waals surface area contributed by atoms with Crippen LogP contribution >= 0.6 is 0 Å². The van der Waals surface area contributed by atoms with E-state index < -0.39 is 5.97 Å². The molecule has 1 amide bonds. The molecule has 2 heterocycles. The van der Waals surface area contributed by atoms with Crippen molar-refractivity contribution in [1.29, 1.82) is 0 Å². The summed E-state index contributed by atoms with van der Waals surface area (Å²) in [7, 11) is 0. The molecule has 8 nitrogen and oxygen atoms in total. The van der Waals surface area contributed by atoms with Gasteiger partial charge in [0.1, 0.15) is 0 Å². The topological polar surface area (TPSA) is 97.6 Å². The van der Waals surface area contributed by atoms with Crippen molar-refractivity contribution < 1.29 is 18.8 Å². The summed E-state index contributed by atoms with van der Waals surface area (Å²) in [6.45, 7) is 6.06. The van der Waals surface area contributed by atoms with Crippen molar-refractivity contribution in [1.82, 2.24) is 15.0 Å². The molecule has 4 rings (SSSR count). The number of hydrogen-bond donors (Lipinski definition) is 1. The van der Waals surface area contributed by atoms with Gasteiger partial charge in [0.2, 0.25) is 17.6 Å². The third-order valence-corrected chi connectivity index (χ3v) is 5.62. The maximum absolute atomic E-state index is 12.9. The first-order chi connectivity index (χ1) is 16.0. The molecule has 1 atom stereocenters. The van der Waals surface area contributed by atoms with Gasteiger partial charge in [0.05, 0.1) is 24.6 Å². The minimum absolute atomic E-state index is 0.0633. The van der Waals surface area contributed by atoms with Crippen molar-refractivity contribution in [2.45, 2.75) is 33.2 Å². The molecule has 0 radical (unpaired) electrons. The minimum Gasteiger partial charge on any atom is -0.462 e. The second-order valence-electron chi connectivity index (χ2n) is 8.25. The van der Waals surface area contributed by atoms with E-state index in [1.165, 1.54) is 0 Å². The Balaban J connectivity index is 1.35. The molecule has 8 heteroatoms. The molecule has 33 heavy (non-hydrogen) atoms. The van der Waals surface area contributed by atoms with Crippen molar-refractivity contribution in [2.75, 3.05) is 25.0 Å². The molecule has 1 aromatic heterocycles. The normalized spacial score (nSPS) is 16.4. The van der Waals surface area contributed by atoms with Gasteiger partial charge in [-0.25, -0.2) is 4.79 Å². The Bertz CT molecular complexity index is 1130. The van der Waals surface area contributed by atoms with Gasteiger partial charge < -0.3 is 14.6 Å². The highest BCUT2D eigenvalue weighted by molar-refractivity contribution is 5.95. The molecule has 1 aliphatic heterocycles. The van der Waals surface area contributed by atoms with E-state index in [1.54, 1.807) is 31.2 Å². The van der Waals surface area contributed by atoms with Crippen LogP contribution in [0.5, 0.6) is 0 Å². The average molecular weight is 449 g/mol. The van der Waals surface area contributed by atoms with Gasteiger partial charge >= 0.3 is 5.97 Å². The molecule has 1 aliphatic rings. The number of benzene rings is 2. The summed E-state index contributed by atoms with van der Waals surface area (Å²) < 4.78 is 10.5. The van der Waals surface area contributed by atoms with Crippen LogP contribution in [0.1, 0.15) is 41.6 Å². The summed E-state index contributed by atoms with van der Waals surface area (Å²) in [6, 6.07) is 14.8. The first-order valence-electron chi connectivity index (χ1n) is 11.2. The fourth-order valence-corrected chi connectivity index (χ4v) is 4.01. The van der Waals surface area contributed by atoms with Crippen LogP contribution in [0, 0.1) is 12.8 Å². The monoisotopic (exact) mass is 448 g/mol. The van der Waals surface area contributed by atoms with Crippen LogP contribution in [0.15, 0.2) is 53.1 Å². The fraction of sp³-hybridized carbons (Fsp3) is 0.360. The molecule has 0 aliphatic carbocycles. The molecule has 1 N–H and O–H groups in total. The van der Waals surface area contributed by atoms with Gasteiger partial charge in [0.15, 0.2) is 0 Å². The van der Waals surface area contributed by atoms with Gasteiger partial charge in [-0.2, -0.15) is 4.98 Å². The van der Waals surface area contributed by atoms with Gasteiger partial charge in [-0.05, 0) is 57.5 Å². The van der Waals surface area contributed by atoms with E-state index in [2.05, 4.69) is 20.4 Å². The number of anilines is 1. The lowest BCUT2D eigenvalue weighted by Crippen LogP contribution is -2.40. The molecule has 1 saturated heterocycles. The first kappa shape index (κ1) is 22.7. The van der Waals surface area contributed by atoms with Gasteiger partial charge in [-0.1, -0.05) is 35.0 Å². The maximum atomic E-state index is 12.9. The van der Waals surface area contributed by atoms with Crippen molar-refractivity contribution in [3.63, 3.8) is 0 Å². The van der Waals surface area contributed by atoms with E-state index >= 15 is 0 Å². The number of hydrogen-bond acceptors (Lipinski definition) is 7. The number of rotatable bonds is 7. The van der Waals surface area contributed by atoms with Crippen LogP contribution in [0.4, 0.5) is 5.69 Å². The predicted octanol–water partition coefficient (Wildman–Crippen LogP) is 4.07. The number of piperidine rings is 1. The number of ether oxygens (including phenoxy) is 1. The Labute approximate surface area is 192 Å². The number of carbonyl (C=O) groups excluding carboxylic acids is 2. The van der Waals surface area contributed by atoms with Crippen LogP contribution in [-0.2, 0) is 16.1 Å². The Kier molecular flexibility index (Phi) is 7.14. The van der Waals surface area contributed by atoms with E-state index in [-0.39, 0.29) is 11.8 Å². The molecule has 0 spiro atoms. The first-order valence-corrected chi connectivity index (χ1v) is 11.2. The van der Waals surface area contributed by atoms with Crippen LogP contribution in [0.25, 0.3) is 11.4 Å². The van der Waals surface area contributed by atoms with Crippen molar-refractivity contribution in [3.05, 3.63) is 65.5 Å². The zero-order valence-electron chi connectivity index (χ0n) is 18.9. The molecule has 2 aromatic carbocycles. The predicted molar refractivity (Wildman–Crippen MR) is 124 cm³/mol. The fourth-order valence-electron chi connectivity index (χ4n) is 4.01. The lowest BCUT2D eigenvalue weighted by molar-refractivity contribution is -0.121. The molecule has 172 valence electrons. The van der Waals surface area contributed by atoms with Crippen LogP contribution in [-0.4, -0.2) is 46.6 Å². The van der Waals surface area contributed by atoms with E-state index in [4.69, 9.17) is 9.26 Å². The van der Waals surface area contributed by atoms with Crippen LogP contribution in [0.2, 0.25) is 0 Å². The second-order valence-corrected chi connectivity index (χ2v) is 8.25.